The molecule has 0 unspecified atom stereocenters. The number of aromatic nitrogens is 2. The molecule has 0 aliphatic rings. The number of alkyl halides is 1. The number of rotatable bonds is 8. The lowest BCUT2D eigenvalue weighted by molar-refractivity contribution is -0.127. The highest BCUT2D eigenvalue weighted by Crippen LogP contribution is 2.27. The van der Waals surface area contributed by atoms with Crippen LogP contribution in [-0.2, 0) is 9.59 Å². The maximum absolute atomic E-state index is 12.6. The molecule has 140 valence electrons. The van der Waals surface area contributed by atoms with Crippen LogP contribution in [0.2, 0.25) is 0 Å². The van der Waals surface area contributed by atoms with Crippen molar-refractivity contribution in [1.29, 1.82) is 0 Å². The molecule has 26 heavy (non-hydrogen) atoms. The number of carbonyl (C=O) groups is 2. The van der Waals surface area contributed by atoms with E-state index in [0.29, 0.717) is 5.13 Å². The lowest BCUT2D eigenvalue weighted by Crippen LogP contribution is -2.47. The predicted molar refractivity (Wildman–Crippen MR) is 105 cm³/mol. The Bertz CT molecular complexity index is 765. The second-order valence-corrected chi connectivity index (χ2v) is 7.50. The Labute approximate surface area is 162 Å². The van der Waals surface area contributed by atoms with Crippen LogP contribution in [0.1, 0.15) is 32.3 Å². The molecule has 1 heterocycles. The summed E-state index contributed by atoms with van der Waals surface area (Å²) in [5, 5.41) is 14.9. The minimum Gasteiger partial charge on any atom is -0.344 e. The van der Waals surface area contributed by atoms with Gasteiger partial charge in [0, 0.05) is 17.9 Å². The number of benzene rings is 1. The fraction of sp³-hybridized carbons (Fsp3) is 0.444. The summed E-state index contributed by atoms with van der Waals surface area (Å²) in [6.45, 7) is 5.90. The van der Waals surface area contributed by atoms with Crippen molar-refractivity contribution >= 4 is 39.9 Å². The molecule has 0 radical (unpaired) electrons. The van der Waals surface area contributed by atoms with E-state index in [1.54, 1.807) is 0 Å². The third-order valence-electron chi connectivity index (χ3n) is 4.05. The topological polar surface area (TPSA) is 84.0 Å². The summed E-state index contributed by atoms with van der Waals surface area (Å²) in [5.74, 6) is -0.331. The normalized spacial score (nSPS) is 13.1. The summed E-state index contributed by atoms with van der Waals surface area (Å²) in [6.07, 6.45) is 0.933. The number of amides is 2. The molecule has 2 atom stereocenters. The lowest BCUT2D eigenvalue weighted by atomic mass is 9.98. The van der Waals surface area contributed by atoms with E-state index in [2.05, 4.69) is 20.8 Å². The molecule has 0 spiro atoms. The van der Waals surface area contributed by atoms with Crippen molar-refractivity contribution in [2.24, 2.45) is 5.92 Å². The highest BCUT2D eigenvalue weighted by atomic mass is 35.5. The van der Waals surface area contributed by atoms with Crippen molar-refractivity contribution < 1.29 is 9.59 Å². The van der Waals surface area contributed by atoms with E-state index in [0.717, 1.165) is 22.6 Å². The zero-order valence-corrected chi connectivity index (χ0v) is 16.7. The van der Waals surface area contributed by atoms with Crippen LogP contribution in [0.3, 0.4) is 0 Å². The maximum atomic E-state index is 12.6. The summed E-state index contributed by atoms with van der Waals surface area (Å²) in [4.78, 5) is 24.5. The molecule has 0 aliphatic heterocycles. The van der Waals surface area contributed by atoms with Gasteiger partial charge in [-0.3, -0.25) is 14.9 Å². The van der Waals surface area contributed by atoms with E-state index in [1.807, 2.05) is 45.0 Å². The average Bonchev–Trinajstić information content (AvgIpc) is 3.07. The Kier molecular flexibility index (Phi) is 7.53. The van der Waals surface area contributed by atoms with E-state index < -0.39 is 6.04 Å². The van der Waals surface area contributed by atoms with Crippen LogP contribution in [0.15, 0.2) is 24.3 Å². The van der Waals surface area contributed by atoms with Crippen LogP contribution in [-0.4, -0.2) is 33.9 Å². The molecule has 0 fully saturated rings. The van der Waals surface area contributed by atoms with Gasteiger partial charge >= 0.3 is 0 Å². The van der Waals surface area contributed by atoms with E-state index in [1.165, 1.54) is 11.3 Å². The number of carbonyl (C=O) groups excluding carboxylic acids is 2. The highest BCUT2D eigenvalue weighted by Gasteiger charge is 2.26. The summed E-state index contributed by atoms with van der Waals surface area (Å²) < 4.78 is 0. The molecule has 2 amide bonds. The number of hydrogen-bond donors (Lipinski definition) is 2. The molecule has 0 saturated heterocycles. The molecule has 0 saturated carbocycles. The summed E-state index contributed by atoms with van der Waals surface area (Å²) in [7, 11) is 0. The monoisotopic (exact) mass is 394 g/mol. The Morgan fingerprint density at radius 2 is 2.08 bits per heavy atom. The van der Waals surface area contributed by atoms with Crippen LogP contribution < -0.4 is 10.6 Å². The van der Waals surface area contributed by atoms with Gasteiger partial charge in [0.2, 0.25) is 16.9 Å². The highest BCUT2D eigenvalue weighted by molar-refractivity contribution is 7.18. The van der Waals surface area contributed by atoms with Crippen LogP contribution in [0.5, 0.6) is 0 Å². The molecule has 2 rings (SSSR count). The van der Waals surface area contributed by atoms with Crippen molar-refractivity contribution in [1.82, 2.24) is 15.5 Å². The second kappa shape index (κ2) is 9.64. The van der Waals surface area contributed by atoms with E-state index in [9.17, 15) is 9.59 Å². The van der Waals surface area contributed by atoms with Crippen molar-refractivity contribution in [2.75, 3.05) is 11.2 Å². The summed E-state index contributed by atoms with van der Waals surface area (Å²) in [6, 6.07) is 7.29. The third kappa shape index (κ3) is 5.51. The zero-order chi connectivity index (χ0) is 19.1. The van der Waals surface area contributed by atoms with Crippen molar-refractivity contribution in [3.05, 3.63) is 29.8 Å². The van der Waals surface area contributed by atoms with Crippen LogP contribution in [0.25, 0.3) is 10.6 Å². The quantitative estimate of drug-likeness (QED) is 0.670. The Balaban J connectivity index is 2.10. The number of aryl methyl sites for hydroxylation is 1. The largest absolute Gasteiger partial charge is 0.344 e. The van der Waals surface area contributed by atoms with Crippen molar-refractivity contribution in [2.45, 2.75) is 39.7 Å². The second-order valence-electron chi connectivity index (χ2n) is 6.14. The fourth-order valence-electron chi connectivity index (χ4n) is 2.38. The first-order chi connectivity index (χ1) is 12.4. The van der Waals surface area contributed by atoms with Crippen LogP contribution >= 0.6 is 22.9 Å². The third-order valence-corrected chi connectivity index (χ3v) is 5.13. The summed E-state index contributed by atoms with van der Waals surface area (Å²) in [5.41, 5.74) is 2.08. The van der Waals surface area contributed by atoms with Gasteiger partial charge in [0.15, 0.2) is 0 Å². The van der Waals surface area contributed by atoms with Crippen molar-refractivity contribution in [3.8, 4) is 10.6 Å². The lowest BCUT2D eigenvalue weighted by Gasteiger charge is -2.22. The van der Waals surface area contributed by atoms with E-state index >= 15 is 0 Å². The smallest absolute Gasteiger partial charge is 0.249 e. The molecule has 1 aromatic carbocycles. The molecule has 6 nitrogen and oxygen atoms in total. The molecule has 2 aromatic rings. The van der Waals surface area contributed by atoms with Gasteiger partial charge in [0.25, 0.3) is 0 Å². The Morgan fingerprint density at radius 1 is 1.31 bits per heavy atom. The van der Waals surface area contributed by atoms with Gasteiger partial charge in [-0.05, 0) is 18.9 Å². The van der Waals surface area contributed by atoms with Crippen molar-refractivity contribution in [3.63, 3.8) is 0 Å². The summed E-state index contributed by atoms with van der Waals surface area (Å²) >= 11 is 6.90. The number of hydrogen-bond acceptors (Lipinski definition) is 5. The zero-order valence-electron chi connectivity index (χ0n) is 15.1. The van der Waals surface area contributed by atoms with Gasteiger partial charge in [-0.1, -0.05) is 55.4 Å². The maximum Gasteiger partial charge on any atom is 0.249 e. The molecule has 1 aromatic heterocycles. The van der Waals surface area contributed by atoms with E-state index in [4.69, 9.17) is 11.6 Å². The van der Waals surface area contributed by atoms with Gasteiger partial charge in [0.1, 0.15) is 11.0 Å². The van der Waals surface area contributed by atoms with Gasteiger partial charge < -0.3 is 5.32 Å². The first-order valence-electron chi connectivity index (χ1n) is 8.51. The minimum atomic E-state index is -0.637. The van der Waals surface area contributed by atoms with Gasteiger partial charge in [-0.2, -0.15) is 0 Å². The van der Waals surface area contributed by atoms with Gasteiger partial charge in [-0.25, -0.2) is 0 Å². The fourth-order valence-corrected chi connectivity index (χ4v) is 3.30. The number of nitrogens with zero attached hydrogens (tertiary/aromatic N) is 2. The first-order valence-corrected chi connectivity index (χ1v) is 9.86. The van der Waals surface area contributed by atoms with E-state index in [-0.39, 0.29) is 30.0 Å². The molecular weight excluding hydrogens is 372 g/mol. The Hall–Kier alpha value is -1.99. The van der Waals surface area contributed by atoms with Gasteiger partial charge in [-0.15, -0.1) is 21.8 Å². The molecule has 0 aliphatic carbocycles. The standard InChI is InChI=1S/C18H23ClN4O2S/c1-4-12(3)15(20-14(24)8-9-19)16(25)21-18-23-22-17(26-18)13-7-5-6-11(2)10-13/h5-7,10,12,15H,4,8-9H2,1-3H3,(H,20,24)(H,21,23,25)/t12-,15+/m1/s1. The molecule has 0 bridgehead atoms. The molecular formula is C18H23ClN4O2S. The average molecular weight is 395 g/mol. The SMILES string of the molecule is CC[C@@H](C)[C@H](NC(=O)CCCl)C(=O)Nc1nnc(-c2cccc(C)c2)s1. The number of halogens is 1. The number of nitrogens with one attached hydrogen (secondary N) is 2. The predicted octanol–water partition coefficient (Wildman–Crippen LogP) is 3.61. The molecule has 2 N–H and O–H groups in total. The number of anilines is 1. The van der Waals surface area contributed by atoms with Crippen LogP contribution in [0.4, 0.5) is 5.13 Å². The minimum absolute atomic E-state index is 0.0153. The van der Waals surface area contributed by atoms with Crippen LogP contribution in [0, 0.1) is 12.8 Å². The Morgan fingerprint density at radius 3 is 2.73 bits per heavy atom. The molecule has 8 heteroatoms. The first kappa shape index (κ1) is 20.3. The van der Waals surface area contributed by atoms with Gasteiger partial charge in [0.05, 0.1) is 0 Å².